The van der Waals surface area contributed by atoms with E-state index in [1.165, 1.54) is 42.6 Å². The number of carbonyl (C=O) groups is 4. The Hall–Kier alpha value is -5.90. The standard InChI is InChI=1S/C39H38N2O8/c1-2-3-4-5-6-23-47-32-20-14-30(15-21-32)39(46)49-33-18-10-27(11-19-33)25-41(26-35(42)43)38(45)29-12-16-31(17-13-29)40-37(44)34-9-7-8-28-22-24-48-36(28)34/h7-22,24H,2-6,23,25-26H2,1H3,(H,40,44)(H,42,43). The highest BCUT2D eigenvalue weighted by molar-refractivity contribution is 6.11. The van der Waals surface area contributed by atoms with Crippen LogP contribution >= 0.6 is 0 Å². The normalized spacial score (nSPS) is 10.8. The van der Waals surface area contributed by atoms with Gasteiger partial charge in [-0.15, -0.1) is 0 Å². The highest BCUT2D eigenvalue weighted by Crippen LogP contribution is 2.22. The molecule has 2 amide bonds. The van der Waals surface area contributed by atoms with E-state index in [2.05, 4.69) is 12.2 Å². The summed E-state index contributed by atoms with van der Waals surface area (Å²) < 4.78 is 16.7. The Morgan fingerprint density at radius 2 is 1.47 bits per heavy atom. The third kappa shape index (κ3) is 9.57. The molecule has 0 saturated heterocycles. The summed E-state index contributed by atoms with van der Waals surface area (Å²) in [5.74, 6) is -1.57. The number of para-hydroxylation sites is 1. The average molecular weight is 663 g/mol. The number of anilines is 1. The van der Waals surface area contributed by atoms with Gasteiger partial charge in [-0.1, -0.05) is 56.9 Å². The summed E-state index contributed by atoms with van der Waals surface area (Å²) in [6.45, 7) is 2.29. The number of nitrogens with one attached hydrogen (secondary N) is 1. The number of carboxylic acid groups (broad SMARTS) is 1. The lowest BCUT2D eigenvalue weighted by Crippen LogP contribution is -2.35. The van der Waals surface area contributed by atoms with Crippen molar-refractivity contribution in [2.75, 3.05) is 18.5 Å². The van der Waals surface area contributed by atoms with Gasteiger partial charge in [0.2, 0.25) is 0 Å². The van der Waals surface area contributed by atoms with E-state index in [1.807, 2.05) is 6.07 Å². The number of furan rings is 1. The summed E-state index contributed by atoms with van der Waals surface area (Å²) in [6, 6.07) is 26.5. The lowest BCUT2D eigenvalue weighted by atomic mass is 10.1. The van der Waals surface area contributed by atoms with E-state index in [0.717, 1.165) is 18.2 Å². The second-order valence-corrected chi connectivity index (χ2v) is 11.6. The van der Waals surface area contributed by atoms with E-state index < -0.39 is 24.4 Å². The largest absolute Gasteiger partial charge is 0.494 e. The minimum atomic E-state index is -1.17. The number of rotatable bonds is 16. The molecule has 0 atom stereocenters. The van der Waals surface area contributed by atoms with Gasteiger partial charge in [0.1, 0.15) is 23.6 Å². The van der Waals surface area contributed by atoms with E-state index in [4.69, 9.17) is 13.9 Å². The Labute approximate surface area is 284 Å². The lowest BCUT2D eigenvalue weighted by Gasteiger charge is -2.21. The molecule has 0 aliphatic rings. The number of hydrogen-bond acceptors (Lipinski definition) is 7. The Balaban J connectivity index is 1.15. The summed E-state index contributed by atoms with van der Waals surface area (Å²) in [7, 11) is 0. The number of ether oxygens (including phenoxy) is 2. The molecule has 1 heterocycles. The molecule has 252 valence electrons. The van der Waals surface area contributed by atoms with E-state index in [9.17, 15) is 24.3 Å². The van der Waals surface area contributed by atoms with Crippen LogP contribution in [0.5, 0.6) is 11.5 Å². The highest BCUT2D eigenvalue weighted by atomic mass is 16.5. The Kier molecular flexibility index (Phi) is 11.8. The Morgan fingerprint density at radius 3 is 2.18 bits per heavy atom. The number of carbonyl (C=O) groups excluding carboxylic acids is 3. The molecular formula is C39H38N2O8. The highest BCUT2D eigenvalue weighted by Gasteiger charge is 2.20. The molecule has 0 aliphatic carbocycles. The fourth-order valence-corrected chi connectivity index (χ4v) is 5.24. The van der Waals surface area contributed by atoms with Gasteiger partial charge < -0.3 is 29.2 Å². The van der Waals surface area contributed by atoms with Gasteiger partial charge in [0.05, 0.1) is 24.0 Å². The Morgan fingerprint density at radius 1 is 0.776 bits per heavy atom. The molecule has 0 radical (unpaired) electrons. The summed E-state index contributed by atoms with van der Waals surface area (Å²) >= 11 is 0. The summed E-state index contributed by atoms with van der Waals surface area (Å²) in [5.41, 5.74) is 2.57. The molecule has 0 bridgehead atoms. The van der Waals surface area contributed by atoms with Crippen LogP contribution in [0.15, 0.2) is 108 Å². The van der Waals surface area contributed by atoms with Crippen LogP contribution in [-0.2, 0) is 11.3 Å². The molecule has 2 N–H and O–H groups in total. The van der Waals surface area contributed by atoms with E-state index >= 15 is 0 Å². The van der Waals surface area contributed by atoms with Gasteiger partial charge >= 0.3 is 11.9 Å². The van der Waals surface area contributed by atoms with Gasteiger partial charge in [-0.3, -0.25) is 14.4 Å². The quantitative estimate of drug-likeness (QED) is 0.0617. The maximum Gasteiger partial charge on any atom is 0.343 e. The first-order valence-electron chi connectivity index (χ1n) is 16.2. The molecule has 49 heavy (non-hydrogen) atoms. The van der Waals surface area contributed by atoms with Gasteiger partial charge in [-0.25, -0.2) is 4.79 Å². The molecule has 4 aromatic carbocycles. The number of esters is 1. The van der Waals surface area contributed by atoms with E-state index in [-0.39, 0.29) is 18.0 Å². The van der Waals surface area contributed by atoms with Crippen LogP contribution in [0.4, 0.5) is 5.69 Å². The van der Waals surface area contributed by atoms with Gasteiger partial charge in [-0.05, 0) is 84.8 Å². The van der Waals surface area contributed by atoms with Crippen LogP contribution in [0.3, 0.4) is 0 Å². The van der Waals surface area contributed by atoms with Gasteiger partial charge in [0.25, 0.3) is 11.8 Å². The number of hydrogen-bond donors (Lipinski definition) is 2. The van der Waals surface area contributed by atoms with Crippen molar-refractivity contribution in [3.8, 4) is 11.5 Å². The predicted molar refractivity (Wildman–Crippen MR) is 185 cm³/mol. The first-order valence-corrected chi connectivity index (χ1v) is 16.2. The van der Waals surface area contributed by atoms with Crippen molar-refractivity contribution in [2.24, 2.45) is 0 Å². The van der Waals surface area contributed by atoms with Crippen LogP contribution in [0.2, 0.25) is 0 Å². The molecular weight excluding hydrogens is 624 g/mol. The molecule has 0 fully saturated rings. The number of benzene rings is 4. The number of carboxylic acids is 1. The molecule has 10 heteroatoms. The van der Waals surface area contributed by atoms with Crippen LogP contribution in [0.25, 0.3) is 11.0 Å². The third-order valence-electron chi connectivity index (χ3n) is 7.84. The number of fused-ring (bicyclic) bond motifs is 1. The van der Waals surface area contributed by atoms with E-state index in [1.54, 1.807) is 78.9 Å². The molecule has 10 nitrogen and oxygen atoms in total. The fraction of sp³-hybridized carbons (Fsp3) is 0.231. The summed E-state index contributed by atoms with van der Waals surface area (Å²) in [6.07, 6.45) is 7.27. The topological polar surface area (TPSA) is 135 Å². The van der Waals surface area contributed by atoms with Gasteiger partial charge in [-0.2, -0.15) is 0 Å². The smallest absolute Gasteiger partial charge is 0.343 e. The van der Waals surface area contributed by atoms with Crippen LogP contribution in [0.1, 0.15) is 75.7 Å². The monoisotopic (exact) mass is 662 g/mol. The zero-order valence-electron chi connectivity index (χ0n) is 27.2. The van der Waals surface area contributed by atoms with Crippen molar-refractivity contribution in [1.82, 2.24) is 4.90 Å². The SMILES string of the molecule is CCCCCCCOc1ccc(C(=O)Oc2ccc(CN(CC(=O)O)C(=O)c3ccc(NC(=O)c4cccc5ccoc45)cc3)cc2)cc1. The second-order valence-electron chi connectivity index (χ2n) is 11.6. The van der Waals surface area contributed by atoms with Crippen molar-refractivity contribution in [2.45, 2.75) is 45.6 Å². The molecule has 0 unspecified atom stereocenters. The van der Waals surface area contributed by atoms with E-state index in [0.29, 0.717) is 46.1 Å². The first kappa shape index (κ1) is 34.4. The fourth-order valence-electron chi connectivity index (χ4n) is 5.24. The van der Waals surface area contributed by atoms with Crippen molar-refractivity contribution >= 4 is 40.4 Å². The van der Waals surface area contributed by atoms with Crippen molar-refractivity contribution < 1.29 is 38.2 Å². The van der Waals surface area contributed by atoms with Crippen molar-refractivity contribution in [3.63, 3.8) is 0 Å². The molecule has 5 aromatic rings. The first-order chi connectivity index (χ1) is 23.8. The molecule has 0 spiro atoms. The molecule has 0 saturated carbocycles. The molecule has 0 aliphatic heterocycles. The third-order valence-corrected chi connectivity index (χ3v) is 7.84. The molecule has 5 rings (SSSR count). The van der Waals surface area contributed by atoms with Crippen LogP contribution in [-0.4, -0.2) is 46.9 Å². The van der Waals surface area contributed by atoms with Crippen molar-refractivity contribution in [3.05, 3.63) is 126 Å². The van der Waals surface area contributed by atoms with Crippen LogP contribution < -0.4 is 14.8 Å². The minimum absolute atomic E-state index is 0.00503. The number of amides is 2. The van der Waals surface area contributed by atoms with Crippen molar-refractivity contribution in [1.29, 1.82) is 0 Å². The maximum atomic E-state index is 13.3. The molecule has 1 aromatic heterocycles. The number of nitrogens with zero attached hydrogens (tertiary/aromatic N) is 1. The number of aliphatic carboxylic acids is 1. The average Bonchev–Trinajstić information content (AvgIpc) is 3.60. The zero-order chi connectivity index (χ0) is 34.6. The maximum absolute atomic E-state index is 13.3. The number of unbranched alkanes of at least 4 members (excludes halogenated alkanes) is 4. The predicted octanol–water partition coefficient (Wildman–Crippen LogP) is 7.98. The van der Waals surface area contributed by atoms with Gasteiger partial charge in [0, 0.05) is 23.2 Å². The zero-order valence-corrected chi connectivity index (χ0v) is 27.2. The summed E-state index contributed by atoms with van der Waals surface area (Å²) in [5, 5.41) is 13.1. The van der Waals surface area contributed by atoms with Gasteiger partial charge in [0.15, 0.2) is 0 Å². The minimum Gasteiger partial charge on any atom is -0.494 e. The lowest BCUT2D eigenvalue weighted by molar-refractivity contribution is -0.137. The van der Waals surface area contributed by atoms with Crippen LogP contribution in [0, 0.1) is 0 Å². The Bertz CT molecular complexity index is 1880. The second kappa shape index (κ2) is 16.8. The summed E-state index contributed by atoms with van der Waals surface area (Å²) in [4.78, 5) is 51.7.